The van der Waals surface area contributed by atoms with Gasteiger partial charge in [-0.15, -0.1) is 11.3 Å². The fourth-order valence-corrected chi connectivity index (χ4v) is 2.72. The zero-order chi connectivity index (χ0) is 12.3. The summed E-state index contributed by atoms with van der Waals surface area (Å²) < 4.78 is 0. The lowest BCUT2D eigenvalue weighted by molar-refractivity contribution is 0.0983. The van der Waals surface area contributed by atoms with Gasteiger partial charge in [0.15, 0.2) is 5.78 Å². The Kier molecular flexibility index (Phi) is 3.97. The number of rotatable bonds is 4. The first-order valence-electron chi connectivity index (χ1n) is 5.48. The number of carbonyl (C=O) groups is 1. The summed E-state index contributed by atoms with van der Waals surface area (Å²) in [7, 11) is 0. The van der Waals surface area contributed by atoms with Gasteiger partial charge >= 0.3 is 0 Å². The Morgan fingerprint density at radius 3 is 2.82 bits per heavy atom. The van der Waals surface area contributed by atoms with Gasteiger partial charge in [-0.25, -0.2) is 0 Å². The molecule has 88 valence electrons. The Morgan fingerprint density at radius 1 is 1.35 bits per heavy atom. The molecule has 0 amide bonds. The number of hydrogen-bond acceptors (Lipinski definition) is 2. The van der Waals surface area contributed by atoms with E-state index in [0.29, 0.717) is 17.0 Å². The first-order valence-corrected chi connectivity index (χ1v) is 6.74. The third-order valence-electron chi connectivity index (χ3n) is 2.60. The van der Waals surface area contributed by atoms with Crippen LogP contribution in [0.3, 0.4) is 0 Å². The molecule has 0 saturated heterocycles. The summed E-state index contributed by atoms with van der Waals surface area (Å²) in [4.78, 5) is 13.2. The Balaban J connectivity index is 2.04. The van der Waals surface area contributed by atoms with Gasteiger partial charge < -0.3 is 0 Å². The first-order chi connectivity index (χ1) is 8.16. The van der Waals surface area contributed by atoms with Gasteiger partial charge in [0, 0.05) is 16.9 Å². The quantitative estimate of drug-likeness (QED) is 0.742. The van der Waals surface area contributed by atoms with Crippen LogP contribution >= 0.6 is 22.9 Å². The smallest absolute Gasteiger partial charge is 0.164 e. The molecule has 0 fully saturated rings. The molecule has 1 aromatic heterocycles. The Labute approximate surface area is 110 Å². The van der Waals surface area contributed by atoms with E-state index in [1.165, 1.54) is 4.88 Å². The molecule has 0 unspecified atom stereocenters. The summed E-state index contributed by atoms with van der Waals surface area (Å²) in [6.45, 7) is 1.96. The molecule has 1 aromatic carbocycles. The van der Waals surface area contributed by atoms with Crippen molar-refractivity contribution in [3.8, 4) is 0 Å². The molecule has 0 aliphatic heterocycles. The summed E-state index contributed by atoms with van der Waals surface area (Å²) in [5, 5.41) is 2.58. The monoisotopic (exact) mass is 264 g/mol. The number of ketones is 1. The standard InChI is InChI=1S/C14H13ClOS/c1-10-4-6-12(13(15)9-10)14(16)7-5-11-3-2-8-17-11/h2-4,6,8-9H,5,7H2,1H3. The Bertz CT molecular complexity index is 517. The number of aryl methyl sites for hydroxylation is 2. The topological polar surface area (TPSA) is 17.1 Å². The van der Waals surface area contributed by atoms with Crippen LogP contribution in [0.2, 0.25) is 5.02 Å². The summed E-state index contributed by atoms with van der Waals surface area (Å²) in [5.74, 6) is 0.114. The maximum atomic E-state index is 12.0. The highest BCUT2D eigenvalue weighted by Crippen LogP contribution is 2.20. The zero-order valence-corrected chi connectivity index (χ0v) is 11.1. The molecule has 2 aromatic rings. The van der Waals surface area contributed by atoms with E-state index in [1.54, 1.807) is 11.3 Å². The second-order valence-electron chi connectivity index (χ2n) is 3.99. The van der Waals surface area contributed by atoms with Gasteiger partial charge in [-0.1, -0.05) is 23.7 Å². The van der Waals surface area contributed by atoms with Crippen molar-refractivity contribution in [3.05, 3.63) is 56.7 Å². The van der Waals surface area contributed by atoms with Gasteiger partial charge in [-0.3, -0.25) is 4.79 Å². The van der Waals surface area contributed by atoms with E-state index in [1.807, 2.05) is 36.6 Å². The highest BCUT2D eigenvalue weighted by Gasteiger charge is 2.10. The average Bonchev–Trinajstić information content (AvgIpc) is 2.78. The van der Waals surface area contributed by atoms with Crippen LogP contribution in [0.4, 0.5) is 0 Å². The van der Waals surface area contributed by atoms with Crippen molar-refractivity contribution in [3.63, 3.8) is 0 Å². The number of carbonyl (C=O) groups excluding carboxylic acids is 1. The minimum Gasteiger partial charge on any atom is -0.294 e. The van der Waals surface area contributed by atoms with Crippen LogP contribution in [0.25, 0.3) is 0 Å². The van der Waals surface area contributed by atoms with Crippen molar-refractivity contribution in [2.24, 2.45) is 0 Å². The predicted molar refractivity (Wildman–Crippen MR) is 73.2 cm³/mol. The lowest BCUT2D eigenvalue weighted by Gasteiger charge is -2.03. The molecular formula is C14H13ClOS. The molecule has 2 rings (SSSR count). The minimum atomic E-state index is 0.114. The molecule has 0 aliphatic carbocycles. The Hall–Kier alpha value is -1.12. The van der Waals surface area contributed by atoms with Crippen molar-refractivity contribution in [2.75, 3.05) is 0 Å². The van der Waals surface area contributed by atoms with Crippen molar-refractivity contribution < 1.29 is 4.79 Å². The van der Waals surface area contributed by atoms with Crippen molar-refractivity contribution in [1.29, 1.82) is 0 Å². The van der Waals surface area contributed by atoms with Gasteiger partial charge in [-0.2, -0.15) is 0 Å². The summed E-state index contributed by atoms with van der Waals surface area (Å²) in [6, 6.07) is 9.62. The van der Waals surface area contributed by atoms with Gasteiger partial charge in [0.25, 0.3) is 0 Å². The van der Waals surface area contributed by atoms with Crippen LogP contribution in [0.5, 0.6) is 0 Å². The van der Waals surface area contributed by atoms with E-state index in [4.69, 9.17) is 11.6 Å². The second-order valence-corrected chi connectivity index (χ2v) is 5.43. The van der Waals surface area contributed by atoms with Crippen LogP contribution in [0, 0.1) is 6.92 Å². The molecule has 0 spiro atoms. The van der Waals surface area contributed by atoms with Crippen molar-refractivity contribution >= 4 is 28.7 Å². The Morgan fingerprint density at radius 2 is 2.18 bits per heavy atom. The van der Waals surface area contributed by atoms with E-state index in [2.05, 4.69) is 6.07 Å². The maximum Gasteiger partial charge on any atom is 0.164 e. The third kappa shape index (κ3) is 3.18. The van der Waals surface area contributed by atoms with E-state index in [0.717, 1.165) is 12.0 Å². The normalized spacial score (nSPS) is 10.5. The van der Waals surface area contributed by atoms with Crippen molar-refractivity contribution in [1.82, 2.24) is 0 Å². The van der Waals surface area contributed by atoms with E-state index < -0.39 is 0 Å². The fourth-order valence-electron chi connectivity index (χ4n) is 1.67. The lowest BCUT2D eigenvalue weighted by atomic mass is 10.0. The molecule has 0 radical (unpaired) electrons. The maximum absolute atomic E-state index is 12.0. The predicted octanol–water partition coefficient (Wildman–Crippen LogP) is 4.53. The number of thiophene rings is 1. The van der Waals surface area contributed by atoms with E-state index in [-0.39, 0.29) is 5.78 Å². The van der Waals surface area contributed by atoms with E-state index in [9.17, 15) is 4.79 Å². The number of hydrogen-bond donors (Lipinski definition) is 0. The molecule has 17 heavy (non-hydrogen) atoms. The largest absolute Gasteiger partial charge is 0.294 e. The molecule has 3 heteroatoms. The van der Waals surface area contributed by atoms with Crippen LogP contribution in [-0.2, 0) is 6.42 Å². The van der Waals surface area contributed by atoms with Gasteiger partial charge in [0.2, 0.25) is 0 Å². The van der Waals surface area contributed by atoms with Gasteiger partial charge in [0.05, 0.1) is 5.02 Å². The fraction of sp³-hybridized carbons (Fsp3) is 0.214. The first kappa shape index (κ1) is 12.3. The van der Waals surface area contributed by atoms with Crippen LogP contribution in [-0.4, -0.2) is 5.78 Å². The summed E-state index contributed by atoms with van der Waals surface area (Å²) in [5.41, 5.74) is 1.71. The molecule has 1 heterocycles. The van der Waals surface area contributed by atoms with Gasteiger partial charge in [-0.05, 0) is 42.5 Å². The highest BCUT2D eigenvalue weighted by atomic mass is 35.5. The van der Waals surface area contributed by atoms with Crippen LogP contribution in [0.1, 0.15) is 27.2 Å². The third-order valence-corrected chi connectivity index (χ3v) is 3.85. The van der Waals surface area contributed by atoms with Crippen LogP contribution < -0.4 is 0 Å². The lowest BCUT2D eigenvalue weighted by Crippen LogP contribution is -2.01. The number of benzene rings is 1. The number of halogens is 1. The molecule has 1 nitrogen and oxygen atoms in total. The average molecular weight is 265 g/mol. The summed E-state index contributed by atoms with van der Waals surface area (Å²) in [6.07, 6.45) is 1.31. The van der Waals surface area contributed by atoms with Gasteiger partial charge in [0.1, 0.15) is 0 Å². The molecule has 0 bridgehead atoms. The minimum absolute atomic E-state index is 0.114. The SMILES string of the molecule is Cc1ccc(C(=O)CCc2cccs2)c(Cl)c1. The molecule has 0 saturated carbocycles. The van der Waals surface area contributed by atoms with Crippen LogP contribution in [0.15, 0.2) is 35.7 Å². The second kappa shape index (κ2) is 5.48. The number of Topliss-reactive ketones (excluding diaryl/α,β-unsaturated/α-hetero) is 1. The molecule has 0 atom stereocenters. The molecular weight excluding hydrogens is 252 g/mol. The highest BCUT2D eigenvalue weighted by molar-refractivity contribution is 7.09. The summed E-state index contributed by atoms with van der Waals surface area (Å²) >= 11 is 7.75. The van der Waals surface area contributed by atoms with Crippen molar-refractivity contribution in [2.45, 2.75) is 19.8 Å². The molecule has 0 N–H and O–H groups in total. The zero-order valence-electron chi connectivity index (χ0n) is 9.57. The van der Waals surface area contributed by atoms with E-state index >= 15 is 0 Å². The molecule has 0 aliphatic rings.